The Hall–Kier alpha value is 0.843. The Kier molecular flexibility index (Phi) is 23.6. The van der Waals surface area contributed by atoms with Gasteiger partial charge in [0.25, 0.3) is 0 Å². The Labute approximate surface area is 121 Å². The molecule has 0 aromatic carbocycles. The largest absolute Gasteiger partial charge is 2.00 e. The van der Waals surface area contributed by atoms with Crippen LogP contribution in [0.25, 0.3) is 0 Å². The summed E-state index contributed by atoms with van der Waals surface area (Å²) in [5.74, 6) is 0. The molecule has 14 heavy (non-hydrogen) atoms. The van der Waals surface area contributed by atoms with Gasteiger partial charge >= 0.3 is 19.5 Å². The van der Waals surface area contributed by atoms with Crippen molar-refractivity contribution in [3.05, 3.63) is 0 Å². The molecule has 0 heterocycles. The molecule has 2 nitrogen and oxygen atoms in total. The van der Waals surface area contributed by atoms with Gasteiger partial charge in [0, 0.05) is 0 Å². The zero-order chi connectivity index (χ0) is 10.7. The van der Waals surface area contributed by atoms with Crippen molar-refractivity contribution in [2.24, 2.45) is 11.5 Å². The minimum atomic E-state index is 0. The number of rotatable bonds is 0. The van der Waals surface area contributed by atoms with E-state index in [0.29, 0.717) is 0 Å². The molecule has 1 rings (SSSR count). The van der Waals surface area contributed by atoms with Gasteiger partial charge in [0.2, 0.25) is 0 Å². The maximum Gasteiger partial charge on any atom is 2.00 e. The van der Waals surface area contributed by atoms with Crippen molar-refractivity contribution in [1.29, 1.82) is 0 Å². The topological polar surface area (TPSA) is 52.0 Å². The predicted molar refractivity (Wildman–Crippen MR) is 71.4 cm³/mol. The molecule has 0 spiro atoms. The van der Waals surface area contributed by atoms with Gasteiger partial charge in [0.15, 0.2) is 0 Å². The zero-order valence-corrected chi connectivity index (χ0v) is 14.3. The van der Waals surface area contributed by atoms with Crippen LogP contribution in [0.5, 0.6) is 0 Å². The summed E-state index contributed by atoms with van der Waals surface area (Å²) in [5, 5.41) is 0. The van der Waals surface area contributed by atoms with Gasteiger partial charge in [-0.1, -0.05) is 40.7 Å². The second kappa shape index (κ2) is 16.3. The van der Waals surface area contributed by atoms with E-state index in [9.17, 15) is 0 Å². The van der Waals surface area contributed by atoms with E-state index in [1.54, 1.807) is 0 Å². The summed E-state index contributed by atoms with van der Waals surface area (Å²) in [6, 6.07) is 0. The van der Waals surface area contributed by atoms with Crippen molar-refractivity contribution < 1.29 is 19.5 Å². The molecule has 0 amide bonds. The summed E-state index contributed by atoms with van der Waals surface area (Å²) < 4.78 is 0.167. The summed E-state index contributed by atoms with van der Waals surface area (Å²) in [6.45, 7) is 0. The second-order valence-electron chi connectivity index (χ2n) is 2.41. The van der Waals surface area contributed by atoms with Crippen molar-refractivity contribution in [3.63, 3.8) is 0 Å². The first-order valence-corrected chi connectivity index (χ1v) is 5.53. The fraction of sp³-hybridized carbons (Fsp3) is 0.714. The summed E-state index contributed by atoms with van der Waals surface area (Å²) in [6.07, 6.45) is 7.50. The fourth-order valence-electron chi connectivity index (χ4n) is 0.884. The van der Waals surface area contributed by atoms with Gasteiger partial charge in [0.05, 0.1) is 0 Å². The number of thiocarbonyl (C=S) groups is 2. The third-order valence-electron chi connectivity index (χ3n) is 1.25. The molecule has 1 saturated carbocycles. The molecule has 1 aliphatic carbocycles. The number of hydrogen-bond acceptors (Lipinski definition) is 4. The van der Waals surface area contributed by atoms with Crippen LogP contribution in [0.1, 0.15) is 32.1 Å². The first-order chi connectivity index (χ1) is 5.96. The van der Waals surface area contributed by atoms with Crippen LogP contribution in [0.15, 0.2) is 0 Å². The molecule has 78 valence electrons. The van der Waals surface area contributed by atoms with Crippen molar-refractivity contribution in [2.45, 2.75) is 32.1 Å². The summed E-state index contributed by atoms with van der Waals surface area (Å²) >= 11 is 16.5. The number of hydrogen-bond donors (Lipinski definition) is 2. The normalized spacial score (nSPS) is 12.0. The molecule has 1 aliphatic rings. The molecule has 4 N–H and O–H groups in total. The molecular formula is C7H14N2S4Zn. The second-order valence-corrected chi connectivity index (χ2v) is 4.68. The fourth-order valence-corrected chi connectivity index (χ4v) is 0.884. The SMILES string of the molecule is C1CCCC1.NC(=S)[S-].NC(=S)[S-].[Zn+2]. The minimum absolute atomic E-state index is 0. The molecular weight excluding hydrogens is 306 g/mol. The standard InChI is InChI=1S/C5H10.2CH3NS2.Zn/c1-2-4-5-3-1;2*2-1(3)4;/h1-5H2;2*(H3,2,3,4);/q;;;+2/p-2. The summed E-state index contributed by atoms with van der Waals surface area (Å²) in [7, 11) is 0. The van der Waals surface area contributed by atoms with Crippen molar-refractivity contribution in [2.75, 3.05) is 0 Å². The van der Waals surface area contributed by atoms with E-state index in [1.165, 1.54) is 32.1 Å². The van der Waals surface area contributed by atoms with E-state index in [-0.39, 0.29) is 28.1 Å². The van der Waals surface area contributed by atoms with Gasteiger partial charge in [-0.15, -0.1) is 0 Å². The summed E-state index contributed by atoms with van der Waals surface area (Å²) in [4.78, 5) is 0. The van der Waals surface area contributed by atoms with Crippen LogP contribution in [-0.4, -0.2) is 8.64 Å². The molecule has 0 aliphatic heterocycles. The maximum absolute atomic E-state index is 4.66. The maximum atomic E-state index is 4.66. The van der Waals surface area contributed by atoms with Gasteiger partial charge in [-0.2, -0.15) is 0 Å². The molecule has 0 unspecified atom stereocenters. The van der Waals surface area contributed by atoms with Crippen molar-refractivity contribution in [3.8, 4) is 0 Å². The molecule has 0 atom stereocenters. The van der Waals surface area contributed by atoms with Crippen LogP contribution in [0, 0.1) is 0 Å². The van der Waals surface area contributed by atoms with Crippen molar-refractivity contribution in [1.82, 2.24) is 0 Å². The Bertz CT molecular complexity index is 123. The molecule has 0 aromatic rings. The van der Waals surface area contributed by atoms with Crippen LogP contribution in [0.4, 0.5) is 0 Å². The molecule has 7 heteroatoms. The first-order valence-electron chi connectivity index (χ1n) is 3.89. The molecule has 0 radical (unpaired) electrons. The van der Waals surface area contributed by atoms with Crippen LogP contribution in [0.2, 0.25) is 0 Å². The minimum Gasteiger partial charge on any atom is -0.415 e. The van der Waals surface area contributed by atoms with Crippen molar-refractivity contribution >= 4 is 58.3 Å². The van der Waals surface area contributed by atoms with Gasteiger partial charge in [-0.05, 0) is 0 Å². The number of nitrogens with two attached hydrogens (primary N) is 2. The molecule has 0 bridgehead atoms. The Morgan fingerprint density at radius 1 is 0.786 bits per heavy atom. The third-order valence-corrected chi connectivity index (χ3v) is 1.25. The van der Waals surface area contributed by atoms with E-state index >= 15 is 0 Å². The average molecular weight is 320 g/mol. The van der Waals surface area contributed by atoms with Gasteiger partial charge in [-0.3, -0.25) is 0 Å². The molecule has 0 aromatic heterocycles. The summed E-state index contributed by atoms with van der Waals surface area (Å²) in [5.41, 5.74) is 9.31. The van der Waals surface area contributed by atoms with Crippen LogP contribution < -0.4 is 11.5 Å². The monoisotopic (exact) mass is 318 g/mol. The van der Waals surface area contributed by atoms with Crippen LogP contribution in [-0.2, 0) is 44.7 Å². The van der Waals surface area contributed by atoms with E-state index in [2.05, 4.69) is 61.2 Å². The Morgan fingerprint density at radius 3 is 0.929 bits per heavy atom. The van der Waals surface area contributed by atoms with E-state index < -0.39 is 0 Å². The van der Waals surface area contributed by atoms with Crippen LogP contribution in [0.3, 0.4) is 0 Å². The Morgan fingerprint density at radius 2 is 0.857 bits per heavy atom. The average Bonchev–Trinajstić information content (AvgIpc) is 2.35. The zero-order valence-electron chi connectivity index (χ0n) is 8.03. The quantitative estimate of drug-likeness (QED) is 0.401. The molecule has 1 fully saturated rings. The third kappa shape index (κ3) is 52.8. The Balaban J connectivity index is -0.000000127. The van der Waals surface area contributed by atoms with E-state index in [4.69, 9.17) is 0 Å². The van der Waals surface area contributed by atoms with Crippen LogP contribution >= 0.6 is 24.4 Å². The predicted octanol–water partition coefficient (Wildman–Crippen LogP) is 1.50. The van der Waals surface area contributed by atoms with E-state index in [1.807, 2.05) is 0 Å². The van der Waals surface area contributed by atoms with Gasteiger partial charge < -0.3 is 61.2 Å². The molecule has 0 saturated heterocycles. The smallest absolute Gasteiger partial charge is 0.415 e. The van der Waals surface area contributed by atoms with E-state index in [0.717, 1.165) is 0 Å². The first kappa shape index (κ1) is 20.3. The van der Waals surface area contributed by atoms with Gasteiger partial charge in [-0.25, -0.2) is 0 Å². The van der Waals surface area contributed by atoms with Gasteiger partial charge in [0.1, 0.15) is 0 Å².